The van der Waals surface area contributed by atoms with E-state index in [4.69, 9.17) is 4.74 Å². The van der Waals surface area contributed by atoms with Crippen molar-refractivity contribution in [3.63, 3.8) is 0 Å². The third-order valence-electron chi connectivity index (χ3n) is 3.20. The molecule has 0 aromatic heterocycles. The van der Waals surface area contributed by atoms with Crippen molar-refractivity contribution in [3.8, 4) is 0 Å². The lowest BCUT2D eigenvalue weighted by atomic mass is 9.90. The lowest BCUT2D eigenvalue weighted by Gasteiger charge is -2.15. The van der Waals surface area contributed by atoms with Crippen molar-refractivity contribution in [1.29, 1.82) is 0 Å². The average molecular weight is 194 g/mol. The Morgan fingerprint density at radius 1 is 1.57 bits per heavy atom. The molecule has 1 fully saturated rings. The molecule has 0 heterocycles. The van der Waals surface area contributed by atoms with Gasteiger partial charge in [-0.15, -0.1) is 0 Å². The van der Waals surface area contributed by atoms with Crippen LogP contribution in [-0.2, 0) is 14.3 Å². The number of ketones is 1. The van der Waals surface area contributed by atoms with Gasteiger partial charge in [-0.2, -0.15) is 0 Å². The molecule has 2 aliphatic rings. The minimum atomic E-state index is -0.132. The van der Waals surface area contributed by atoms with Crippen molar-refractivity contribution >= 4 is 11.8 Å². The topological polar surface area (TPSA) is 43.4 Å². The molecule has 76 valence electrons. The molecule has 3 heteroatoms. The Labute approximate surface area is 83.1 Å². The van der Waals surface area contributed by atoms with Crippen LogP contribution in [0.5, 0.6) is 0 Å². The Morgan fingerprint density at radius 2 is 2.36 bits per heavy atom. The van der Waals surface area contributed by atoms with Crippen LogP contribution in [0, 0.1) is 11.8 Å². The number of esters is 1. The Kier molecular flexibility index (Phi) is 2.40. The normalized spacial score (nSPS) is 30.9. The molecular weight excluding hydrogens is 180 g/mol. The summed E-state index contributed by atoms with van der Waals surface area (Å²) in [6.45, 7) is 0. The number of hydrogen-bond acceptors (Lipinski definition) is 3. The molecule has 0 aromatic carbocycles. The third kappa shape index (κ3) is 1.59. The molecule has 0 radical (unpaired) electrons. The van der Waals surface area contributed by atoms with Crippen LogP contribution in [0.25, 0.3) is 0 Å². The van der Waals surface area contributed by atoms with Crippen LogP contribution in [0.3, 0.4) is 0 Å². The van der Waals surface area contributed by atoms with E-state index in [9.17, 15) is 9.59 Å². The SMILES string of the molecule is COC(=O)[C@@H]1CC2=CC(=O)CC[C@@H]2C1. The third-order valence-corrected chi connectivity index (χ3v) is 3.20. The van der Waals surface area contributed by atoms with Crippen molar-refractivity contribution in [2.24, 2.45) is 11.8 Å². The van der Waals surface area contributed by atoms with Crippen molar-refractivity contribution in [2.45, 2.75) is 25.7 Å². The highest BCUT2D eigenvalue weighted by Gasteiger charge is 2.36. The van der Waals surface area contributed by atoms with E-state index in [-0.39, 0.29) is 17.7 Å². The summed E-state index contributed by atoms with van der Waals surface area (Å²) in [7, 11) is 1.42. The molecule has 2 atom stereocenters. The van der Waals surface area contributed by atoms with E-state index in [0.717, 1.165) is 24.8 Å². The maximum absolute atomic E-state index is 11.3. The van der Waals surface area contributed by atoms with Crippen LogP contribution in [-0.4, -0.2) is 18.9 Å². The summed E-state index contributed by atoms with van der Waals surface area (Å²) in [6, 6.07) is 0. The van der Waals surface area contributed by atoms with E-state index in [1.807, 2.05) is 0 Å². The van der Waals surface area contributed by atoms with Crippen molar-refractivity contribution in [1.82, 2.24) is 0 Å². The van der Waals surface area contributed by atoms with Gasteiger partial charge in [0.15, 0.2) is 5.78 Å². The van der Waals surface area contributed by atoms with Gasteiger partial charge in [0.2, 0.25) is 0 Å². The first-order valence-electron chi connectivity index (χ1n) is 5.02. The molecule has 0 aromatic rings. The summed E-state index contributed by atoms with van der Waals surface area (Å²) in [4.78, 5) is 22.5. The van der Waals surface area contributed by atoms with Crippen molar-refractivity contribution < 1.29 is 14.3 Å². The van der Waals surface area contributed by atoms with Crippen LogP contribution in [0.4, 0.5) is 0 Å². The zero-order valence-corrected chi connectivity index (χ0v) is 8.29. The van der Waals surface area contributed by atoms with Gasteiger partial charge in [0, 0.05) is 6.42 Å². The standard InChI is InChI=1S/C11H14O3/c1-14-11(13)9-4-7-2-3-10(12)6-8(7)5-9/h6-7,9H,2-5H2,1H3/t7-,9+/m1/s1. The van der Waals surface area contributed by atoms with Gasteiger partial charge in [0.05, 0.1) is 13.0 Å². The fourth-order valence-electron chi connectivity index (χ4n) is 2.45. The minimum Gasteiger partial charge on any atom is -0.469 e. The molecule has 0 amide bonds. The van der Waals surface area contributed by atoms with Gasteiger partial charge < -0.3 is 4.74 Å². The van der Waals surface area contributed by atoms with Gasteiger partial charge in [-0.05, 0) is 31.3 Å². The molecule has 0 N–H and O–H groups in total. The second-order valence-corrected chi connectivity index (χ2v) is 4.08. The Balaban J connectivity index is 2.10. The van der Waals surface area contributed by atoms with E-state index < -0.39 is 0 Å². The first-order valence-corrected chi connectivity index (χ1v) is 5.02. The molecule has 0 unspecified atom stereocenters. The summed E-state index contributed by atoms with van der Waals surface area (Å²) in [5.74, 6) is 0.522. The molecule has 1 saturated carbocycles. The van der Waals surface area contributed by atoms with Crippen LogP contribution < -0.4 is 0 Å². The Morgan fingerprint density at radius 3 is 3.07 bits per heavy atom. The Hall–Kier alpha value is -1.12. The summed E-state index contributed by atoms with van der Waals surface area (Å²) >= 11 is 0. The average Bonchev–Trinajstić information content (AvgIpc) is 2.59. The first-order chi connectivity index (χ1) is 6.70. The Bertz CT molecular complexity index is 304. The van der Waals surface area contributed by atoms with Crippen LogP contribution >= 0.6 is 0 Å². The van der Waals surface area contributed by atoms with Gasteiger partial charge in [-0.25, -0.2) is 0 Å². The number of carbonyl (C=O) groups excluding carboxylic acids is 2. The first kappa shape index (κ1) is 9.44. The summed E-state index contributed by atoms with van der Waals surface area (Å²) in [5.41, 5.74) is 1.16. The molecule has 0 spiro atoms. The second-order valence-electron chi connectivity index (χ2n) is 4.08. The van der Waals surface area contributed by atoms with Crippen LogP contribution in [0.15, 0.2) is 11.6 Å². The van der Waals surface area contributed by atoms with E-state index in [1.165, 1.54) is 7.11 Å². The zero-order chi connectivity index (χ0) is 10.1. The molecule has 14 heavy (non-hydrogen) atoms. The highest BCUT2D eigenvalue weighted by Crippen LogP contribution is 2.41. The molecular formula is C11H14O3. The van der Waals surface area contributed by atoms with Gasteiger partial charge >= 0.3 is 5.97 Å². The highest BCUT2D eigenvalue weighted by atomic mass is 16.5. The van der Waals surface area contributed by atoms with Gasteiger partial charge in [0.25, 0.3) is 0 Å². The maximum Gasteiger partial charge on any atom is 0.308 e. The number of hydrogen-bond donors (Lipinski definition) is 0. The van der Waals surface area contributed by atoms with Gasteiger partial charge in [-0.3, -0.25) is 9.59 Å². The molecule has 0 bridgehead atoms. The minimum absolute atomic E-state index is 0.0119. The molecule has 0 saturated heterocycles. The molecule has 2 aliphatic carbocycles. The number of ether oxygens (including phenoxy) is 1. The number of carbonyl (C=O) groups is 2. The largest absolute Gasteiger partial charge is 0.469 e. The summed E-state index contributed by atoms with van der Waals surface area (Å²) in [6.07, 6.45) is 4.88. The van der Waals surface area contributed by atoms with E-state index >= 15 is 0 Å². The van der Waals surface area contributed by atoms with E-state index in [2.05, 4.69) is 0 Å². The fraction of sp³-hybridized carbons (Fsp3) is 0.636. The number of fused-ring (bicyclic) bond motifs is 1. The highest BCUT2D eigenvalue weighted by molar-refractivity contribution is 5.91. The monoisotopic (exact) mass is 194 g/mol. The second kappa shape index (κ2) is 3.56. The number of allylic oxidation sites excluding steroid dienone is 2. The summed E-state index contributed by atoms with van der Waals surface area (Å²) < 4.78 is 4.72. The van der Waals surface area contributed by atoms with Crippen molar-refractivity contribution in [3.05, 3.63) is 11.6 Å². The predicted molar refractivity (Wildman–Crippen MR) is 50.6 cm³/mol. The van der Waals surface area contributed by atoms with Crippen LogP contribution in [0.2, 0.25) is 0 Å². The van der Waals surface area contributed by atoms with Crippen LogP contribution in [0.1, 0.15) is 25.7 Å². The lowest BCUT2D eigenvalue weighted by Crippen LogP contribution is -2.13. The fourth-order valence-corrected chi connectivity index (χ4v) is 2.45. The van der Waals surface area contributed by atoms with E-state index in [0.29, 0.717) is 12.3 Å². The molecule has 3 nitrogen and oxygen atoms in total. The number of rotatable bonds is 1. The molecule has 2 rings (SSSR count). The van der Waals surface area contributed by atoms with Gasteiger partial charge in [0.1, 0.15) is 0 Å². The van der Waals surface area contributed by atoms with Crippen molar-refractivity contribution in [2.75, 3.05) is 7.11 Å². The number of methoxy groups -OCH3 is 1. The molecule has 0 aliphatic heterocycles. The quantitative estimate of drug-likeness (QED) is 0.594. The van der Waals surface area contributed by atoms with E-state index in [1.54, 1.807) is 6.08 Å². The smallest absolute Gasteiger partial charge is 0.308 e. The van der Waals surface area contributed by atoms with Gasteiger partial charge in [-0.1, -0.05) is 5.57 Å². The maximum atomic E-state index is 11.3. The summed E-state index contributed by atoms with van der Waals surface area (Å²) in [5, 5.41) is 0. The lowest BCUT2D eigenvalue weighted by molar-refractivity contribution is -0.145. The zero-order valence-electron chi connectivity index (χ0n) is 8.29. The predicted octanol–water partition coefficient (Wildman–Crippen LogP) is 1.47.